The van der Waals surface area contributed by atoms with Gasteiger partial charge >= 0.3 is 6.18 Å². The molecule has 1 fully saturated rings. The van der Waals surface area contributed by atoms with Crippen molar-refractivity contribution in [1.82, 2.24) is 14.7 Å². The van der Waals surface area contributed by atoms with E-state index in [1.165, 1.54) is 24.3 Å². The fraction of sp³-hybridized carbons (Fsp3) is 0.324. The molecule has 2 atom stereocenters. The molecule has 6 rings (SSSR count). The van der Waals surface area contributed by atoms with E-state index < -0.39 is 35.2 Å². The summed E-state index contributed by atoms with van der Waals surface area (Å²) in [6.45, 7) is 4.47. The van der Waals surface area contributed by atoms with Crippen LogP contribution in [0.15, 0.2) is 78.9 Å². The van der Waals surface area contributed by atoms with Gasteiger partial charge in [-0.1, -0.05) is 42.5 Å². The molecule has 0 N–H and O–H groups in total. The molecule has 2 aliphatic rings. The standard InChI is InChI=1S/C34H32F4N4O2.2H2S/c1-2-41-32-31(28(21-40-17-6-7-18-40)39-42(32)26-11-4-3-5-12-26)30(22-13-15-25(35)16-14-22)27(33(41)44)20-29(43)23-9-8-10-24(19-23)34(36,37)38;;/h3-5,8-16,19,27,30H,2,6-7,17-18,20-21H2,1H3;2*1H2/t27-,30+;;/m0../s1. The first-order chi connectivity index (χ1) is 21.2. The monoisotopic (exact) mass is 672 g/mol. The Kier molecular flexibility index (Phi) is 11.1. The van der Waals surface area contributed by atoms with Crippen LogP contribution in [0.1, 0.15) is 64.8 Å². The van der Waals surface area contributed by atoms with E-state index in [9.17, 15) is 27.2 Å². The van der Waals surface area contributed by atoms with Crippen LogP contribution in [0.3, 0.4) is 0 Å². The summed E-state index contributed by atoms with van der Waals surface area (Å²) in [5.41, 5.74) is 1.88. The number of carbonyl (C=O) groups is 2. The lowest BCUT2D eigenvalue weighted by molar-refractivity contribution is -0.137. The number of hydrogen-bond acceptors (Lipinski definition) is 4. The number of fused-ring (bicyclic) bond motifs is 1. The first kappa shape index (κ1) is 35.2. The minimum atomic E-state index is -4.61. The third-order valence-corrected chi connectivity index (χ3v) is 8.56. The maximum absolute atomic E-state index is 14.4. The van der Waals surface area contributed by atoms with Gasteiger partial charge in [-0.05, 0) is 74.8 Å². The summed E-state index contributed by atoms with van der Waals surface area (Å²) in [7, 11) is 0. The number of likely N-dealkylation sites (tertiary alicyclic amines) is 1. The number of anilines is 1. The Morgan fingerprint density at radius 3 is 2.24 bits per heavy atom. The highest BCUT2D eigenvalue weighted by Crippen LogP contribution is 2.48. The normalized spacial score (nSPS) is 18.1. The maximum atomic E-state index is 14.4. The maximum Gasteiger partial charge on any atom is 0.416 e. The Morgan fingerprint density at radius 1 is 0.935 bits per heavy atom. The van der Waals surface area contributed by atoms with E-state index in [1.807, 2.05) is 37.3 Å². The number of carbonyl (C=O) groups excluding carboxylic acids is 2. The molecule has 1 aromatic heterocycles. The van der Waals surface area contributed by atoms with Crippen molar-refractivity contribution in [2.45, 2.75) is 44.8 Å². The molecule has 6 nitrogen and oxygen atoms in total. The Morgan fingerprint density at radius 2 is 1.61 bits per heavy atom. The largest absolute Gasteiger partial charge is 0.416 e. The van der Waals surface area contributed by atoms with E-state index in [2.05, 4.69) is 4.90 Å². The van der Waals surface area contributed by atoms with Crippen LogP contribution in [0.4, 0.5) is 23.4 Å². The molecule has 1 saturated heterocycles. The number of para-hydroxylation sites is 1. The number of amides is 1. The van der Waals surface area contributed by atoms with Crippen LogP contribution in [-0.2, 0) is 17.5 Å². The van der Waals surface area contributed by atoms with Crippen LogP contribution >= 0.6 is 27.0 Å². The summed E-state index contributed by atoms with van der Waals surface area (Å²) in [5, 5.41) is 5.06. The van der Waals surface area contributed by atoms with Crippen molar-refractivity contribution in [3.05, 3.63) is 113 Å². The number of hydrogen-bond donors (Lipinski definition) is 0. The molecule has 0 spiro atoms. The van der Waals surface area contributed by atoms with Gasteiger partial charge in [0.05, 0.1) is 22.9 Å². The fourth-order valence-corrected chi connectivity index (χ4v) is 6.48. The predicted molar refractivity (Wildman–Crippen MR) is 179 cm³/mol. The van der Waals surface area contributed by atoms with Gasteiger partial charge < -0.3 is 0 Å². The van der Waals surface area contributed by atoms with E-state index in [4.69, 9.17) is 5.10 Å². The van der Waals surface area contributed by atoms with Crippen LogP contribution in [-0.4, -0.2) is 46.0 Å². The zero-order valence-corrected chi connectivity index (χ0v) is 27.2. The van der Waals surface area contributed by atoms with Gasteiger partial charge in [0, 0.05) is 36.6 Å². The predicted octanol–water partition coefficient (Wildman–Crippen LogP) is 7.24. The van der Waals surface area contributed by atoms with Gasteiger partial charge in [-0.15, -0.1) is 0 Å². The van der Waals surface area contributed by atoms with Crippen molar-refractivity contribution >= 4 is 44.5 Å². The lowest BCUT2D eigenvalue weighted by Gasteiger charge is -2.38. The van der Waals surface area contributed by atoms with Crippen molar-refractivity contribution in [3.63, 3.8) is 0 Å². The number of ketones is 1. The first-order valence-corrected chi connectivity index (χ1v) is 14.8. The SMILES string of the molecule is CCN1C(=O)[C@@H](CC(=O)c2cccc(C(F)(F)F)c2)[C@@H](c2ccc(F)cc2)c2c(CN3CCCC3)nn(-c3ccccc3)c21.S.S. The number of alkyl halides is 3. The molecule has 46 heavy (non-hydrogen) atoms. The lowest BCUT2D eigenvalue weighted by Crippen LogP contribution is -2.45. The minimum absolute atomic E-state index is 0. The van der Waals surface area contributed by atoms with E-state index in [0.29, 0.717) is 17.9 Å². The second-order valence-corrected chi connectivity index (χ2v) is 11.3. The fourth-order valence-electron chi connectivity index (χ4n) is 6.48. The molecule has 3 heterocycles. The highest BCUT2D eigenvalue weighted by molar-refractivity contribution is 7.59. The molecule has 0 radical (unpaired) electrons. The summed E-state index contributed by atoms with van der Waals surface area (Å²) >= 11 is 0. The van der Waals surface area contributed by atoms with Crippen LogP contribution in [0.25, 0.3) is 5.69 Å². The van der Waals surface area contributed by atoms with Crippen molar-refractivity contribution in [1.29, 1.82) is 0 Å². The van der Waals surface area contributed by atoms with Gasteiger partial charge in [0.1, 0.15) is 11.6 Å². The summed E-state index contributed by atoms with van der Waals surface area (Å²) in [6, 6.07) is 19.6. The van der Waals surface area contributed by atoms with Gasteiger partial charge in [0.15, 0.2) is 5.78 Å². The van der Waals surface area contributed by atoms with E-state index in [0.717, 1.165) is 55.0 Å². The van der Waals surface area contributed by atoms with Gasteiger partial charge in [-0.3, -0.25) is 19.4 Å². The molecule has 0 saturated carbocycles. The Hall–Kier alpha value is -3.61. The van der Waals surface area contributed by atoms with Crippen molar-refractivity contribution < 1.29 is 27.2 Å². The molecule has 1 amide bonds. The molecular formula is C34H36F4N4O2S2. The Balaban J connectivity index is 0.00000240. The molecule has 244 valence electrons. The van der Waals surface area contributed by atoms with Gasteiger partial charge in [0.2, 0.25) is 5.91 Å². The zero-order chi connectivity index (χ0) is 31.0. The van der Waals surface area contributed by atoms with Crippen LogP contribution < -0.4 is 4.90 Å². The summed E-state index contributed by atoms with van der Waals surface area (Å²) in [4.78, 5) is 31.9. The van der Waals surface area contributed by atoms with E-state index in [-0.39, 0.29) is 51.4 Å². The zero-order valence-electron chi connectivity index (χ0n) is 25.2. The number of rotatable bonds is 8. The molecular weight excluding hydrogens is 637 g/mol. The van der Waals surface area contributed by atoms with Crippen LogP contribution in [0.2, 0.25) is 0 Å². The second-order valence-electron chi connectivity index (χ2n) is 11.3. The molecule has 3 aromatic carbocycles. The Bertz CT molecular complexity index is 1670. The summed E-state index contributed by atoms with van der Waals surface area (Å²) in [5.74, 6) is -2.38. The van der Waals surface area contributed by atoms with Gasteiger partial charge in [-0.25, -0.2) is 9.07 Å². The minimum Gasteiger partial charge on any atom is -0.297 e. The number of halogens is 4. The first-order valence-electron chi connectivity index (χ1n) is 14.8. The number of nitrogens with zero attached hydrogens (tertiary/aromatic N) is 4. The topological polar surface area (TPSA) is 58.4 Å². The number of Topliss-reactive ketones (excluding diaryl/α,β-unsaturated/α-hetero) is 1. The quantitative estimate of drug-likeness (QED) is 0.146. The summed E-state index contributed by atoms with van der Waals surface area (Å²) in [6.07, 6.45) is -2.80. The highest BCUT2D eigenvalue weighted by Gasteiger charge is 2.46. The van der Waals surface area contributed by atoms with E-state index in [1.54, 1.807) is 21.7 Å². The second kappa shape index (κ2) is 14.4. The van der Waals surface area contributed by atoms with Crippen molar-refractivity contribution in [2.75, 3.05) is 24.5 Å². The third-order valence-electron chi connectivity index (χ3n) is 8.56. The Labute approximate surface area is 279 Å². The lowest BCUT2D eigenvalue weighted by atomic mass is 9.74. The average molecular weight is 673 g/mol. The third kappa shape index (κ3) is 6.89. The molecule has 0 unspecified atom stereocenters. The molecule has 12 heteroatoms. The van der Waals surface area contributed by atoms with E-state index >= 15 is 0 Å². The molecule has 4 aromatic rings. The van der Waals surface area contributed by atoms with Crippen LogP contribution in [0.5, 0.6) is 0 Å². The number of benzene rings is 3. The molecule has 0 bridgehead atoms. The summed E-state index contributed by atoms with van der Waals surface area (Å²) < 4.78 is 56.3. The molecule has 0 aliphatic carbocycles. The molecule has 2 aliphatic heterocycles. The van der Waals surface area contributed by atoms with Gasteiger partial charge in [-0.2, -0.15) is 45.3 Å². The van der Waals surface area contributed by atoms with Crippen molar-refractivity contribution in [2.24, 2.45) is 5.92 Å². The average Bonchev–Trinajstić information content (AvgIpc) is 3.67. The smallest absolute Gasteiger partial charge is 0.297 e. The van der Waals surface area contributed by atoms with Crippen LogP contribution in [0, 0.1) is 11.7 Å². The van der Waals surface area contributed by atoms with Crippen molar-refractivity contribution in [3.8, 4) is 5.69 Å². The van der Waals surface area contributed by atoms with Gasteiger partial charge in [0.25, 0.3) is 0 Å². The highest BCUT2D eigenvalue weighted by atomic mass is 32.1. The number of aromatic nitrogens is 2.